The van der Waals surface area contributed by atoms with E-state index in [0.29, 0.717) is 39.3 Å². The van der Waals surface area contributed by atoms with Crippen molar-refractivity contribution in [1.29, 1.82) is 0 Å². The number of carboxylic acid groups (broad SMARTS) is 4. The SMILES string of the molecule is CC(O)CN(CC(C)O)CC(C)O.O=C(O)CC(=O)O.O=C(O)CCC(=O)O.OCCN(CCO)CCO. The molecule has 0 fully saturated rings. The molecule has 0 aliphatic carbocycles. The summed E-state index contributed by atoms with van der Waals surface area (Å²) < 4.78 is 0. The molecule has 16 nitrogen and oxygen atoms in total. The van der Waals surface area contributed by atoms with Gasteiger partial charge >= 0.3 is 23.9 Å². The van der Waals surface area contributed by atoms with E-state index in [9.17, 15) is 19.2 Å². The molecule has 0 saturated carbocycles. The minimum Gasteiger partial charge on any atom is -0.481 e. The summed E-state index contributed by atoms with van der Waals surface area (Å²) in [4.78, 5) is 41.8. The van der Waals surface area contributed by atoms with Gasteiger partial charge in [-0.3, -0.25) is 29.0 Å². The largest absolute Gasteiger partial charge is 0.481 e. The Balaban J connectivity index is -0.000000209. The molecule has 0 radical (unpaired) electrons. The van der Waals surface area contributed by atoms with Gasteiger partial charge in [0.2, 0.25) is 0 Å². The Kier molecular flexibility index (Phi) is 32.7. The summed E-state index contributed by atoms with van der Waals surface area (Å²) in [7, 11) is 0. The quantitative estimate of drug-likeness (QED) is 0.0800. The second-order valence-electron chi connectivity index (χ2n) is 8.03. The van der Waals surface area contributed by atoms with E-state index >= 15 is 0 Å². The summed E-state index contributed by atoms with van der Waals surface area (Å²) >= 11 is 0. The molecule has 0 bridgehead atoms. The van der Waals surface area contributed by atoms with E-state index in [1.54, 1.807) is 25.7 Å². The fraction of sp³-hybridized carbons (Fsp3) is 0.818. The Bertz CT molecular complexity index is 539. The Hall–Kier alpha value is -2.44. The van der Waals surface area contributed by atoms with Gasteiger partial charge in [-0.1, -0.05) is 0 Å². The van der Waals surface area contributed by atoms with Crippen LogP contribution in [0.4, 0.5) is 0 Å². The molecule has 0 aromatic heterocycles. The maximum absolute atomic E-state index is 9.64. The van der Waals surface area contributed by atoms with Crippen molar-refractivity contribution in [1.82, 2.24) is 9.80 Å². The van der Waals surface area contributed by atoms with Gasteiger partial charge in [0.05, 0.1) is 51.0 Å². The number of aliphatic hydroxyl groups excluding tert-OH is 6. The summed E-state index contributed by atoms with van der Waals surface area (Å²) in [5.41, 5.74) is 0. The highest BCUT2D eigenvalue weighted by Crippen LogP contribution is 1.97. The summed E-state index contributed by atoms with van der Waals surface area (Å²) in [6.45, 7) is 8.27. The summed E-state index contributed by atoms with van der Waals surface area (Å²) in [6, 6.07) is 0. The van der Waals surface area contributed by atoms with Crippen LogP contribution in [0.15, 0.2) is 0 Å². The molecule has 0 amide bonds. The lowest BCUT2D eigenvalue weighted by atomic mass is 10.2. The van der Waals surface area contributed by atoms with Gasteiger partial charge in [-0.2, -0.15) is 0 Å². The van der Waals surface area contributed by atoms with Gasteiger partial charge in [-0.15, -0.1) is 0 Å². The number of hydrogen-bond donors (Lipinski definition) is 10. The lowest BCUT2D eigenvalue weighted by Gasteiger charge is -2.25. The van der Waals surface area contributed by atoms with Crippen molar-refractivity contribution in [3.8, 4) is 0 Å². The van der Waals surface area contributed by atoms with E-state index in [1.165, 1.54) is 0 Å². The van der Waals surface area contributed by atoms with Crippen LogP contribution in [0.3, 0.4) is 0 Å². The number of hydrogen-bond acceptors (Lipinski definition) is 12. The average molecular weight is 563 g/mol. The van der Waals surface area contributed by atoms with Crippen LogP contribution in [0.25, 0.3) is 0 Å². The van der Waals surface area contributed by atoms with Crippen LogP contribution in [0.5, 0.6) is 0 Å². The maximum atomic E-state index is 9.64. The molecule has 0 rings (SSSR count). The van der Waals surface area contributed by atoms with E-state index in [0.717, 1.165) is 0 Å². The Morgan fingerprint density at radius 1 is 0.526 bits per heavy atom. The Labute approximate surface area is 222 Å². The van der Waals surface area contributed by atoms with Crippen molar-refractivity contribution in [3.63, 3.8) is 0 Å². The molecule has 0 spiro atoms. The minimum atomic E-state index is -1.31. The van der Waals surface area contributed by atoms with Crippen molar-refractivity contribution in [2.75, 3.05) is 59.1 Å². The van der Waals surface area contributed by atoms with Gasteiger partial charge in [0, 0.05) is 39.3 Å². The first-order chi connectivity index (χ1) is 17.5. The van der Waals surface area contributed by atoms with Gasteiger partial charge in [0.1, 0.15) is 6.42 Å². The van der Waals surface area contributed by atoms with E-state index in [-0.39, 0.29) is 32.7 Å². The standard InChI is InChI=1S/C9H21NO3.C6H15NO3.C4H6O4.C3H4O4/c1-7(11)4-10(5-8(2)12)6-9(3)13;8-4-1-7(2-5-9)3-6-10;5-3(6)1-2-4(7)8;4-2(5)1-3(6)7/h7-9,11-13H,4-6H2,1-3H3;8-10H,1-6H2;1-2H2,(H,5,6)(H,7,8);1H2,(H,4,5)(H,6,7). The number of aliphatic carboxylic acids is 4. The smallest absolute Gasteiger partial charge is 0.314 e. The molecule has 228 valence electrons. The summed E-state index contributed by atoms with van der Waals surface area (Å²) in [6.07, 6.45) is -2.70. The third-order valence-corrected chi connectivity index (χ3v) is 3.67. The Morgan fingerprint density at radius 2 is 0.789 bits per heavy atom. The number of rotatable bonds is 17. The van der Waals surface area contributed by atoms with Crippen LogP contribution in [0, 0.1) is 0 Å². The average Bonchev–Trinajstić information content (AvgIpc) is 2.72. The second-order valence-corrected chi connectivity index (χ2v) is 8.03. The minimum absolute atomic E-state index is 0.0694. The lowest BCUT2D eigenvalue weighted by molar-refractivity contribution is -0.147. The van der Waals surface area contributed by atoms with Gasteiger partial charge in [0.25, 0.3) is 0 Å². The Morgan fingerprint density at radius 3 is 0.921 bits per heavy atom. The molecule has 0 aromatic rings. The van der Waals surface area contributed by atoms with Gasteiger partial charge < -0.3 is 51.1 Å². The molecule has 10 N–H and O–H groups in total. The fourth-order valence-corrected chi connectivity index (χ4v) is 2.45. The molecule has 16 heteroatoms. The van der Waals surface area contributed by atoms with Crippen molar-refractivity contribution in [3.05, 3.63) is 0 Å². The van der Waals surface area contributed by atoms with Crippen LogP contribution in [-0.2, 0) is 19.2 Å². The van der Waals surface area contributed by atoms with Crippen molar-refractivity contribution in [2.24, 2.45) is 0 Å². The first-order valence-corrected chi connectivity index (χ1v) is 11.7. The van der Waals surface area contributed by atoms with Crippen LogP contribution in [0.1, 0.15) is 40.0 Å². The first kappa shape index (κ1) is 42.6. The topological polar surface area (TPSA) is 277 Å². The molecule has 0 saturated heterocycles. The third-order valence-electron chi connectivity index (χ3n) is 3.67. The summed E-state index contributed by atoms with van der Waals surface area (Å²) in [5.74, 6) is -4.78. The number of nitrogens with zero attached hydrogens (tertiary/aromatic N) is 2. The zero-order valence-corrected chi connectivity index (χ0v) is 22.2. The number of aliphatic hydroxyl groups is 6. The highest BCUT2D eigenvalue weighted by Gasteiger charge is 2.12. The van der Waals surface area contributed by atoms with Crippen LogP contribution in [0.2, 0.25) is 0 Å². The molecule has 0 aromatic carbocycles. The highest BCUT2D eigenvalue weighted by molar-refractivity contribution is 5.88. The van der Waals surface area contributed by atoms with E-state index in [2.05, 4.69) is 0 Å². The van der Waals surface area contributed by atoms with Gasteiger partial charge in [-0.25, -0.2) is 0 Å². The van der Waals surface area contributed by atoms with Crippen LogP contribution >= 0.6 is 0 Å². The van der Waals surface area contributed by atoms with Crippen LogP contribution < -0.4 is 0 Å². The highest BCUT2D eigenvalue weighted by atomic mass is 16.4. The fourth-order valence-electron chi connectivity index (χ4n) is 2.45. The molecule has 0 heterocycles. The zero-order chi connectivity index (χ0) is 30.7. The second kappa shape index (κ2) is 29.1. The molecule has 0 aliphatic heterocycles. The van der Waals surface area contributed by atoms with Crippen molar-refractivity contribution >= 4 is 23.9 Å². The number of carboxylic acids is 4. The number of carbonyl (C=O) groups is 4. The van der Waals surface area contributed by atoms with Crippen LogP contribution in [-0.4, -0.2) is 162 Å². The van der Waals surface area contributed by atoms with E-state index in [4.69, 9.17) is 51.1 Å². The van der Waals surface area contributed by atoms with Crippen molar-refractivity contribution in [2.45, 2.75) is 58.3 Å². The summed E-state index contributed by atoms with van der Waals surface area (Å²) in [5, 5.41) is 84.1. The maximum Gasteiger partial charge on any atom is 0.314 e. The molecular formula is C22H46N2O14. The predicted octanol–water partition coefficient (Wildman–Crippen LogP) is -2.82. The molecule has 0 aliphatic rings. The first-order valence-electron chi connectivity index (χ1n) is 11.7. The molecular weight excluding hydrogens is 516 g/mol. The lowest BCUT2D eigenvalue weighted by Crippen LogP contribution is -2.40. The van der Waals surface area contributed by atoms with Crippen molar-refractivity contribution < 1.29 is 70.2 Å². The molecule has 3 unspecified atom stereocenters. The van der Waals surface area contributed by atoms with Gasteiger partial charge in [-0.05, 0) is 20.8 Å². The predicted molar refractivity (Wildman–Crippen MR) is 134 cm³/mol. The normalized spacial score (nSPS) is 12.5. The monoisotopic (exact) mass is 562 g/mol. The molecule has 38 heavy (non-hydrogen) atoms. The zero-order valence-electron chi connectivity index (χ0n) is 22.2. The molecule has 3 atom stereocenters. The third kappa shape index (κ3) is 46.8. The van der Waals surface area contributed by atoms with E-state index in [1.807, 2.05) is 4.90 Å². The van der Waals surface area contributed by atoms with Gasteiger partial charge in [0.15, 0.2) is 0 Å². The van der Waals surface area contributed by atoms with E-state index < -0.39 is 48.6 Å².